The number of rotatable bonds is 8. The molecule has 14 heavy (non-hydrogen) atoms. The van der Waals surface area contributed by atoms with Crippen molar-refractivity contribution in [3.8, 4) is 0 Å². The van der Waals surface area contributed by atoms with E-state index in [1.54, 1.807) is 0 Å². The molecule has 0 aliphatic rings. The molecule has 1 amide bonds. The van der Waals surface area contributed by atoms with Gasteiger partial charge >= 0.3 is 0 Å². The van der Waals surface area contributed by atoms with Gasteiger partial charge < -0.3 is 10.6 Å². The van der Waals surface area contributed by atoms with Crippen LogP contribution in [-0.4, -0.2) is 29.9 Å². The van der Waals surface area contributed by atoms with Gasteiger partial charge in [0.25, 0.3) is 0 Å². The standard InChI is InChI=1S/C11H24N2O/c1-4-5-6-8-13(10(2)3)9-7-11(12)14/h10H,4-9H2,1-3H3,(H2,12,14). The normalized spacial score (nSPS) is 11.2. The van der Waals surface area contributed by atoms with Gasteiger partial charge in [0.2, 0.25) is 5.91 Å². The fourth-order valence-corrected chi connectivity index (χ4v) is 1.45. The van der Waals surface area contributed by atoms with Crippen molar-refractivity contribution >= 4 is 5.91 Å². The first-order valence-electron chi connectivity index (χ1n) is 5.60. The molecule has 0 radical (unpaired) electrons. The molecule has 3 heteroatoms. The van der Waals surface area contributed by atoms with Crippen molar-refractivity contribution in [3.63, 3.8) is 0 Å². The lowest BCUT2D eigenvalue weighted by Gasteiger charge is -2.25. The van der Waals surface area contributed by atoms with Crippen molar-refractivity contribution in [2.24, 2.45) is 5.73 Å². The van der Waals surface area contributed by atoms with Crippen LogP contribution in [-0.2, 0) is 4.79 Å². The van der Waals surface area contributed by atoms with E-state index in [1.807, 2.05) is 0 Å². The molecule has 0 spiro atoms. The first-order chi connectivity index (χ1) is 6.57. The van der Waals surface area contributed by atoms with Crippen LogP contribution in [0.15, 0.2) is 0 Å². The predicted octanol–water partition coefficient (Wildman–Crippen LogP) is 1.76. The Morgan fingerprint density at radius 1 is 1.29 bits per heavy atom. The third kappa shape index (κ3) is 6.89. The minimum atomic E-state index is -0.203. The van der Waals surface area contributed by atoms with Crippen LogP contribution in [0, 0.1) is 0 Å². The summed E-state index contributed by atoms with van der Waals surface area (Å²) in [6.45, 7) is 8.40. The molecule has 0 fully saturated rings. The van der Waals surface area contributed by atoms with Crippen LogP contribution in [0.3, 0.4) is 0 Å². The van der Waals surface area contributed by atoms with E-state index in [9.17, 15) is 4.79 Å². The number of nitrogens with zero attached hydrogens (tertiary/aromatic N) is 1. The molecule has 0 heterocycles. The lowest BCUT2D eigenvalue weighted by atomic mass is 10.2. The second-order valence-electron chi connectivity index (χ2n) is 4.05. The van der Waals surface area contributed by atoms with Crippen molar-refractivity contribution in [2.45, 2.75) is 52.5 Å². The SMILES string of the molecule is CCCCCN(CCC(N)=O)C(C)C. The lowest BCUT2D eigenvalue weighted by molar-refractivity contribution is -0.118. The first kappa shape index (κ1) is 13.4. The van der Waals surface area contributed by atoms with Gasteiger partial charge in [-0.2, -0.15) is 0 Å². The zero-order valence-electron chi connectivity index (χ0n) is 9.75. The van der Waals surface area contributed by atoms with Crippen molar-refractivity contribution < 1.29 is 4.79 Å². The van der Waals surface area contributed by atoms with Gasteiger partial charge in [0.15, 0.2) is 0 Å². The summed E-state index contributed by atoms with van der Waals surface area (Å²) in [7, 11) is 0. The van der Waals surface area contributed by atoms with Crippen LogP contribution in [0.25, 0.3) is 0 Å². The van der Waals surface area contributed by atoms with Gasteiger partial charge in [0.1, 0.15) is 0 Å². The highest BCUT2D eigenvalue weighted by atomic mass is 16.1. The second kappa shape index (κ2) is 7.80. The first-order valence-corrected chi connectivity index (χ1v) is 5.60. The van der Waals surface area contributed by atoms with Crippen LogP contribution < -0.4 is 5.73 Å². The van der Waals surface area contributed by atoms with Gasteiger partial charge in [-0.3, -0.25) is 4.79 Å². The summed E-state index contributed by atoms with van der Waals surface area (Å²) >= 11 is 0. The maximum absolute atomic E-state index is 10.7. The maximum Gasteiger partial charge on any atom is 0.218 e. The zero-order valence-corrected chi connectivity index (χ0v) is 9.75. The summed E-state index contributed by atoms with van der Waals surface area (Å²) in [5, 5.41) is 0. The smallest absolute Gasteiger partial charge is 0.218 e. The van der Waals surface area contributed by atoms with Crippen LogP contribution >= 0.6 is 0 Å². The molecular weight excluding hydrogens is 176 g/mol. The highest BCUT2D eigenvalue weighted by molar-refractivity contribution is 5.73. The molecule has 0 aromatic heterocycles. The van der Waals surface area contributed by atoms with Gasteiger partial charge in [-0.1, -0.05) is 19.8 Å². The summed E-state index contributed by atoms with van der Waals surface area (Å²) in [5.41, 5.74) is 5.13. The Labute approximate surface area is 87.6 Å². The number of hydrogen-bond donors (Lipinski definition) is 1. The van der Waals surface area contributed by atoms with E-state index in [2.05, 4.69) is 25.7 Å². The molecule has 0 aromatic rings. The third-order valence-electron chi connectivity index (χ3n) is 2.42. The van der Waals surface area contributed by atoms with E-state index < -0.39 is 0 Å². The fraction of sp³-hybridized carbons (Fsp3) is 0.909. The largest absolute Gasteiger partial charge is 0.370 e. The van der Waals surface area contributed by atoms with Crippen LogP contribution in [0.4, 0.5) is 0 Å². The second-order valence-corrected chi connectivity index (χ2v) is 4.05. The van der Waals surface area contributed by atoms with Gasteiger partial charge in [-0.15, -0.1) is 0 Å². The number of hydrogen-bond acceptors (Lipinski definition) is 2. The van der Waals surface area contributed by atoms with Crippen LogP contribution in [0.1, 0.15) is 46.5 Å². The van der Waals surface area contributed by atoms with Crippen molar-refractivity contribution in [2.75, 3.05) is 13.1 Å². The molecule has 0 saturated heterocycles. The predicted molar refractivity (Wildman–Crippen MR) is 60.0 cm³/mol. The summed E-state index contributed by atoms with van der Waals surface area (Å²) in [4.78, 5) is 13.0. The van der Waals surface area contributed by atoms with Crippen molar-refractivity contribution in [1.82, 2.24) is 4.90 Å². The molecule has 3 nitrogen and oxygen atoms in total. The van der Waals surface area contributed by atoms with E-state index >= 15 is 0 Å². The van der Waals surface area contributed by atoms with E-state index in [-0.39, 0.29) is 5.91 Å². The number of carbonyl (C=O) groups is 1. The Morgan fingerprint density at radius 2 is 1.93 bits per heavy atom. The highest BCUT2D eigenvalue weighted by Gasteiger charge is 2.09. The highest BCUT2D eigenvalue weighted by Crippen LogP contribution is 2.03. The molecule has 0 unspecified atom stereocenters. The Morgan fingerprint density at radius 3 is 2.36 bits per heavy atom. The van der Waals surface area contributed by atoms with Gasteiger partial charge in [0, 0.05) is 19.0 Å². The van der Waals surface area contributed by atoms with Gasteiger partial charge in [-0.25, -0.2) is 0 Å². The minimum absolute atomic E-state index is 0.203. The molecule has 0 rings (SSSR count). The van der Waals surface area contributed by atoms with E-state index in [0.29, 0.717) is 12.5 Å². The van der Waals surface area contributed by atoms with Crippen molar-refractivity contribution in [3.05, 3.63) is 0 Å². The molecular formula is C11H24N2O. The number of amides is 1. The van der Waals surface area contributed by atoms with E-state index in [4.69, 9.17) is 5.73 Å². The van der Waals surface area contributed by atoms with Crippen molar-refractivity contribution in [1.29, 1.82) is 0 Å². The molecule has 0 aromatic carbocycles. The fourth-order valence-electron chi connectivity index (χ4n) is 1.45. The molecule has 0 atom stereocenters. The van der Waals surface area contributed by atoms with E-state index in [1.165, 1.54) is 19.3 Å². The van der Waals surface area contributed by atoms with E-state index in [0.717, 1.165) is 13.1 Å². The van der Waals surface area contributed by atoms with Gasteiger partial charge in [0.05, 0.1) is 0 Å². The summed E-state index contributed by atoms with van der Waals surface area (Å²) < 4.78 is 0. The minimum Gasteiger partial charge on any atom is -0.370 e. The van der Waals surface area contributed by atoms with Crippen LogP contribution in [0.5, 0.6) is 0 Å². The summed E-state index contributed by atoms with van der Waals surface area (Å²) in [6, 6.07) is 0.506. The molecule has 84 valence electrons. The Kier molecular flexibility index (Phi) is 7.48. The average molecular weight is 200 g/mol. The Balaban J connectivity index is 3.72. The molecule has 0 bridgehead atoms. The topological polar surface area (TPSA) is 46.3 Å². The lowest BCUT2D eigenvalue weighted by Crippen LogP contribution is -2.34. The Hall–Kier alpha value is -0.570. The maximum atomic E-state index is 10.7. The van der Waals surface area contributed by atoms with Gasteiger partial charge in [-0.05, 0) is 26.8 Å². The third-order valence-corrected chi connectivity index (χ3v) is 2.42. The summed E-state index contributed by atoms with van der Waals surface area (Å²) in [6.07, 6.45) is 4.19. The summed E-state index contributed by atoms with van der Waals surface area (Å²) in [5.74, 6) is -0.203. The zero-order chi connectivity index (χ0) is 11.0. The average Bonchev–Trinajstić information content (AvgIpc) is 2.10. The molecule has 2 N–H and O–H groups in total. The number of unbranched alkanes of at least 4 members (excludes halogenated alkanes) is 2. The number of primary amides is 1. The molecule has 0 aliphatic carbocycles. The molecule has 0 saturated carbocycles. The quantitative estimate of drug-likeness (QED) is 0.607. The number of nitrogens with two attached hydrogens (primary N) is 1. The number of carbonyl (C=O) groups excluding carboxylic acids is 1. The monoisotopic (exact) mass is 200 g/mol. The molecule has 0 aliphatic heterocycles. The van der Waals surface area contributed by atoms with Crippen LogP contribution in [0.2, 0.25) is 0 Å². The Bertz CT molecular complexity index is 157.